The van der Waals surface area contributed by atoms with Crippen LogP contribution in [0.4, 0.5) is 4.79 Å². The molecule has 6 nitrogen and oxygen atoms in total. The molecule has 0 saturated carbocycles. The van der Waals surface area contributed by atoms with E-state index in [0.717, 1.165) is 17.3 Å². The van der Waals surface area contributed by atoms with Crippen LogP contribution in [0.5, 0.6) is 0 Å². The Morgan fingerprint density at radius 2 is 2.15 bits per heavy atom. The number of carbonyl (C=O) groups excluding carboxylic acids is 3. The van der Waals surface area contributed by atoms with Crippen LogP contribution in [0.25, 0.3) is 11.6 Å². The monoisotopic (exact) mass is 370 g/mol. The molecule has 1 aliphatic heterocycles. The number of thioether (sulfide) groups is 1. The van der Waals surface area contributed by atoms with Crippen molar-refractivity contribution in [1.82, 2.24) is 10.6 Å². The van der Waals surface area contributed by atoms with Crippen molar-refractivity contribution < 1.29 is 18.8 Å². The molecule has 3 rings (SSSR count). The third-order valence-corrected chi connectivity index (χ3v) is 4.79. The lowest BCUT2D eigenvalue weighted by Gasteiger charge is -2.19. The van der Waals surface area contributed by atoms with Crippen LogP contribution in [0.15, 0.2) is 51.8 Å². The summed E-state index contributed by atoms with van der Waals surface area (Å²) in [6.45, 7) is 4.29. The highest BCUT2D eigenvalue weighted by molar-refractivity contribution is 8.18. The zero-order valence-electron chi connectivity index (χ0n) is 14.4. The summed E-state index contributed by atoms with van der Waals surface area (Å²) in [5, 5.41) is 4.64. The Kier molecular flexibility index (Phi) is 4.99. The standard InChI is InChI=1S/C19H18N2O4S/c1-3-20-17(23)19(2)9-4-5-12(8-10-19)14-7-6-13(25-14)11-15-16(22)21-18(24)26-15/h4-11H,3H2,1-2H3,(H,20,23)(H,21,22,24)/b15-11-. The molecule has 1 unspecified atom stereocenters. The van der Waals surface area contributed by atoms with Gasteiger partial charge < -0.3 is 9.73 Å². The summed E-state index contributed by atoms with van der Waals surface area (Å²) in [6, 6.07) is 3.51. The van der Waals surface area contributed by atoms with Gasteiger partial charge >= 0.3 is 0 Å². The zero-order chi connectivity index (χ0) is 18.7. The summed E-state index contributed by atoms with van der Waals surface area (Å²) in [4.78, 5) is 35.3. The van der Waals surface area contributed by atoms with Crippen LogP contribution in [0, 0.1) is 5.41 Å². The molecule has 2 heterocycles. The summed E-state index contributed by atoms with van der Waals surface area (Å²) in [5.74, 6) is 0.585. The predicted octanol–water partition coefficient (Wildman–Crippen LogP) is 3.26. The maximum Gasteiger partial charge on any atom is 0.290 e. The second kappa shape index (κ2) is 7.21. The quantitative estimate of drug-likeness (QED) is 0.794. The minimum atomic E-state index is -0.732. The van der Waals surface area contributed by atoms with Gasteiger partial charge in [-0.2, -0.15) is 0 Å². The molecular formula is C19H18N2O4S. The third kappa shape index (κ3) is 3.72. The van der Waals surface area contributed by atoms with Crippen molar-refractivity contribution in [3.8, 4) is 0 Å². The highest BCUT2D eigenvalue weighted by Gasteiger charge is 2.28. The van der Waals surface area contributed by atoms with Crippen molar-refractivity contribution in [3.05, 3.63) is 58.9 Å². The van der Waals surface area contributed by atoms with Crippen LogP contribution in [0.2, 0.25) is 0 Å². The van der Waals surface area contributed by atoms with E-state index in [2.05, 4.69) is 10.6 Å². The SMILES string of the molecule is CCNC(=O)C1(C)C=CC=C(c2ccc(/C=C3\SC(=O)NC3=O)o2)C=C1. The maximum absolute atomic E-state index is 12.2. The van der Waals surface area contributed by atoms with Crippen LogP contribution in [-0.4, -0.2) is 23.6 Å². The molecule has 3 amide bonds. The number of rotatable bonds is 4. The van der Waals surface area contributed by atoms with Gasteiger partial charge in [0.1, 0.15) is 11.5 Å². The molecule has 1 fully saturated rings. The smallest absolute Gasteiger partial charge is 0.290 e. The highest BCUT2D eigenvalue weighted by Crippen LogP contribution is 2.30. The second-order valence-corrected chi connectivity index (χ2v) is 7.03. The Morgan fingerprint density at radius 1 is 1.35 bits per heavy atom. The first kappa shape index (κ1) is 18.0. The van der Waals surface area contributed by atoms with E-state index in [1.165, 1.54) is 6.08 Å². The van der Waals surface area contributed by atoms with Crippen molar-refractivity contribution in [1.29, 1.82) is 0 Å². The molecule has 0 spiro atoms. The number of hydrogen-bond donors (Lipinski definition) is 2. The molecule has 1 aromatic heterocycles. The second-order valence-electron chi connectivity index (χ2n) is 6.01. The average molecular weight is 370 g/mol. The zero-order valence-corrected chi connectivity index (χ0v) is 15.2. The molecular weight excluding hydrogens is 352 g/mol. The summed E-state index contributed by atoms with van der Waals surface area (Å²) >= 11 is 0.842. The lowest BCUT2D eigenvalue weighted by atomic mass is 9.88. The van der Waals surface area contributed by atoms with E-state index in [1.807, 2.05) is 44.2 Å². The Bertz CT molecular complexity index is 891. The minimum Gasteiger partial charge on any atom is -0.457 e. The first-order chi connectivity index (χ1) is 12.4. The molecule has 26 heavy (non-hydrogen) atoms. The molecule has 0 aromatic carbocycles. The van der Waals surface area contributed by atoms with Crippen LogP contribution in [0.3, 0.4) is 0 Å². The molecule has 0 radical (unpaired) electrons. The molecule has 134 valence electrons. The van der Waals surface area contributed by atoms with Crippen molar-refractivity contribution >= 4 is 40.5 Å². The maximum atomic E-state index is 12.2. The van der Waals surface area contributed by atoms with Gasteiger partial charge in [0.25, 0.3) is 11.1 Å². The number of nitrogens with one attached hydrogen (secondary N) is 2. The van der Waals surface area contributed by atoms with Gasteiger partial charge in [-0.15, -0.1) is 0 Å². The normalized spacial score (nSPS) is 23.8. The van der Waals surface area contributed by atoms with Crippen molar-refractivity contribution in [2.45, 2.75) is 13.8 Å². The van der Waals surface area contributed by atoms with Crippen LogP contribution < -0.4 is 10.6 Å². The van der Waals surface area contributed by atoms with E-state index in [1.54, 1.807) is 12.1 Å². The molecule has 1 aromatic rings. The van der Waals surface area contributed by atoms with Crippen LogP contribution >= 0.6 is 11.8 Å². The molecule has 0 bridgehead atoms. The van der Waals surface area contributed by atoms with E-state index in [4.69, 9.17) is 4.42 Å². The topological polar surface area (TPSA) is 88.4 Å². The van der Waals surface area contributed by atoms with Gasteiger partial charge in [0, 0.05) is 18.2 Å². The Morgan fingerprint density at radius 3 is 2.85 bits per heavy atom. The van der Waals surface area contributed by atoms with Crippen molar-refractivity contribution in [2.24, 2.45) is 5.41 Å². The Balaban J connectivity index is 1.80. The van der Waals surface area contributed by atoms with Gasteiger partial charge in [-0.3, -0.25) is 19.7 Å². The summed E-state index contributed by atoms with van der Waals surface area (Å²) in [5.41, 5.74) is 0.0726. The molecule has 1 atom stereocenters. The van der Waals surface area contributed by atoms with E-state index in [0.29, 0.717) is 23.0 Å². The fraction of sp³-hybridized carbons (Fsp3) is 0.211. The molecule has 7 heteroatoms. The highest BCUT2D eigenvalue weighted by atomic mass is 32.2. The summed E-state index contributed by atoms with van der Waals surface area (Å²) in [7, 11) is 0. The molecule has 1 aliphatic carbocycles. The van der Waals surface area contributed by atoms with E-state index >= 15 is 0 Å². The Labute approximate surface area is 155 Å². The first-order valence-electron chi connectivity index (χ1n) is 8.13. The number of hydrogen-bond acceptors (Lipinski definition) is 5. The first-order valence-corrected chi connectivity index (χ1v) is 8.95. The van der Waals surface area contributed by atoms with E-state index in [9.17, 15) is 14.4 Å². The minimum absolute atomic E-state index is 0.0686. The van der Waals surface area contributed by atoms with E-state index in [-0.39, 0.29) is 5.91 Å². The van der Waals surface area contributed by atoms with E-state index < -0.39 is 16.6 Å². The van der Waals surface area contributed by atoms with Crippen LogP contribution in [-0.2, 0) is 9.59 Å². The fourth-order valence-corrected chi connectivity index (χ4v) is 3.19. The number of furan rings is 1. The predicted molar refractivity (Wildman–Crippen MR) is 101 cm³/mol. The van der Waals surface area contributed by atoms with Crippen molar-refractivity contribution in [3.63, 3.8) is 0 Å². The van der Waals surface area contributed by atoms with Gasteiger partial charge in [0.05, 0.1) is 10.3 Å². The molecule has 2 N–H and O–H groups in total. The number of imide groups is 1. The third-order valence-electron chi connectivity index (χ3n) is 3.98. The largest absolute Gasteiger partial charge is 0.457 e. The number of carbonyl (C=O) groups is 3. The summed E-state index contributed by atoms with van der Waals surface area (Å²) < 4.78 is 5.77. The van der Waals surface area contributed by atoms with Crippen molar-refractivity contribution in [2.75, 3.05) is 6.54 Å². The summed E-state index contributed by atoms with van der Waals surface area (Å²) in [6.07, 6.45) is 10.7. The molecule has 2 aliphatic rings. The number of amides is 3. The van der Waals surface area contributed by atoms with Gasteiger partial charge in [0.15, 0.2) is 0 Å². The van der Waals surface area contributed by atoms with Gasteiger partial charge in [-0.1, -0.05) is 30.4 Å². The van der Waals surface area contributed by atoms with Gasteiger partial charge in [-0.05, 0) is 37.7 Å². The lowest BCUT2D eigenvalue weighted by molar-refractivity contribution is -0.125. The average Bonchev–Trinajstić information content (AvgIpc) is 3.11. The van der Waals surface area contributed by atoms with Gasteiger partial charge in [-0.25, -0.2) is 0 Å². The molecule has 1 saturated heterocycles. The fourth-order valence-electron chi connectivity index (χ4n) is 2.53. The van der Waals surface area contributed by atoms with Crippen LogP contribution in [0.1, 0.15) is 25.4 Å². The Hall–Kier alpha value is -2.80. The number of allylic oxidation sites excluding steroid dienone is 4. The lowest BCUT2D eigenvalue weighted by Crippen LogP contribution is -2.36. The van der Waals surface area contributed by atoms with Gasteiger partial charge in [0.2, 0.25) is 5.91 Å².